The molecular weight excluding hydrogens is 319 g/mol. The first-order chi connectivity index (χ1) is 11.1. The Balaban J connectivity index is 2.43. The lowest BCUT2D eigenvalue weighted by Crippen LogP contribution is -2.25. The fraction of sp³-hybridized carbons (Fsp3) is 0.400. The van der Waals surface area contributed by atoms with E-state index in [0.717, 1.165) is 16.7 Å². The Morgan fingerprint density at radius 3 is 2.08 bits per heavy atom. The van der Waals surface area contributed by atoms with Gasteiger partial charge in [0, 0.05) is 7.11 Å². The number of hydrogen-bond donors (Lipinski definition) is 0. The molecule has 0 aromatic heterocycles. The lowest BCUT2D eigenvalue weighted by molar-refractivity contribution is 0.0887. The summed E-state index contributed by atoms with van der Waals surface area (Å²) in [6, 6.07) is 11.9. The van der Waals surface area contributed by atoms with Gasteiger partial charge in [-0.2, -0.15) is 0 Å². The van der Waals surface area contributed by atoms with Gasteiger partial charge in [-0.25, -0.2) is 0 Å². The van der Waals surface area contributed by atoms with E-state index in [1.807, 2.05) is 52.0 Å². The molecule has 0 aliphatic carbocycles. The predicted molar refractivity (Wildman–Crippen MR) is 100 cm³/mol. The SMILES string of the molecule is COP(=O)(OC(C)(C)c1ccc(C)c(C)c1)c1ccc(C)cc1C. The average Bonchev–Trinajstić information content (AvgIpc) is 2.49. The quantitative estimate of drug-likeness (QED) is 0.686. The van der Waals surface area contributed by atoms with Crippen LogP contribution in [0.25, 0.3) is 0 Å². The normalized spacial score (nSPS) is 14.5. The lowest BCUT2D eigenvalue weighted by atomic mass is 9.95. The lowest BCUT2D eigenvalue weighted by Gasteiger charge is -2.31. The zero-order valence-corrected chi connectivity index (χ0v) is 16.5. The van der Waals surface area contributed by atoms with Crippen molar-refractivity contribution in [2.45, 2.75) is 47.1 Å². The van der Waals surface area contributed by atoms with Crippen molar-refractivity contribution in [1.29, 1.82) is 0 Å². The molecule has 0 bridgehead atoms. The van der Waals surface area contributed by atoms with Crippen LogP contribution in [0.4, 0.5) is 0 Å². The van der Waals surface area contributed by atoms with E-state index in [-0.39, 0.29) is 0 Å². The summed E-state index contributed by atoms with van der Waals surface area (Å²) in [4.78, 5) is 0. The number of hydrogen-bond acceptors (Lipinski definition) is 3. The third-order valence-corrected chi connectivity index (χ3v) is 6.71. The average molecular weight is 346 g/mol. The Hall–Kier alpha value is -1.41. The summed E-state index contributed by atoms with van der Waals surface area (Å²) in [5.41, 5.74) is 4.68. The highest BCUT2D eigenvalue weighted by Gasteiger charge is 2.36. The minimum atomic E-state index is -3.42. The van der Waals surface area contributed by atoms with Crippen molar-refractivity contribution < 1.29 is 13.6 Å². The molecule has 24 heavy (non-hydrogen) atoms. The number of benzene rings is 2. The fourth-order valence-corrected chi connectivity index (χ4v) is 4.60. The molecule has 0 fully saturated rings. The molecule has 0 aliphatic heterocycles. The molecule has 0 saturated heterocycles. The Labute approximate surface area is 145 Å². The van der Waals surface area contributed by atoms with Gasteiger partial charge in [0.1, 0.15) is 0 Å². The van der Waals surface area contributed by atoms with Crippen molar-refractivity contribution in [2.75, 3.05) is 7.11 Å². The van der Waals surface area contributed by atoms with Crippen molar-refractivity contribution in [1.82, 2.24) is 0 Å². The van der Waals surface area contributed by atoms with E-state index in [9.17, 15) is 4.57 Å². The van der Waals surface area contributed by atoms with Gasteiger partial charge in [-0.15, -0.1) is 0 Å². The molecule has 4 heteroatoms. The molecule has 3 nitrogen and oxygen atoms in total. The number of rotatable bonds is 5. The highest BCUT2D eigenvalue weighted by atomic mass is 31.2. The van der Waals surface area contributed by atoms with Crippen molar-refractivity contribution in [3.8, 4) is 0 Å². The monoisotopic (exact) mass is 346 g/mol. The molecule has 1 unspecified atom stereocenters. The topological polar surface area (TPSA) is 35.5 Å². The highest BCUT2D eigenvalue weighted by molar-refractivity contribution is 7.62. The van der Waals surface area contributed by atoms with Crippen LogP contribution in [0.5, 0.6) is 0 Å². The van der Waals surface area contributed by atoms with Gasteiger partial charge in [-0.05, 0) is 69.9 Å². The van der Waals surface area contributed by atoms with Crippen LogP contribution in [0.2, 0.25) is 0 Å². The van der Waals surface area contributed by atoms with Crippen LogP contribution in [0.3, 0.4) is 0 Å². The second kappa shape index (κ2) is 6.84. The largest absolute Gasteiger partial charge is 0.362 e. The van der Waals surface area contributed by atoms with Gasteiger partial charge in [0.05, 0.1) is 10.9 Å². The molecule has 2 rings (SSSR count). The van der Waals surface area contributed by atoms with Crippen molar-refractivity contribution in [3.05, 3.63) is 64.2 Å². The smallest absolute Gasteiger partial charge is 0.309 e. The summed E-state index contributed by atoms with van der Waals surface area (Å²) in [5, 5.41) is 0.618. The van der Waals surface area contributed by atoms with Crippen molar-refractivity contribution in [2.24, 2.45) is 0 Å². The Morgan fingerprint density at radius 2 is 1.54 bits per heavy atom. The van der Waals surface area contributed by atoms with Gasteiger partial charge in [-0.1, -0.05) is 35.9 Å². The van der Waals surface area contributed by atoms with Crippen LogP contribution in [-0.2, 0) is 19.2 Å². The molecule has 0 saturated carbocycles. The van der Waals surface area contributed by atoms with E-state index in [4.69, 9.17) is 9.05 Å². The molecule has 0 radical (unpaired) electrons. The Kier molecular flexibility index (Phi) is 5.39. The molecule has 0 N–H and O–H groups in total. The van der Waals surface area contributed by atoms with E-state index in [1.165, 1.54) is 18.2 Å². The van der Waals surface area contributed by atoms with Gasteiger partial charge in [-0.3, -0.25) is 9.09 Å². The summed E-state index contributed by atoms with van der Waals surface area (Å²) in [6.45, 7) is 11.9. The van der Waals surface area contributed by atoms with Gasteiger partial charge in [0.15, 0.2) is 0 Å². The van der Waals surface area contributed by atoms with Crippen LogP contribution >= 0.6 is 7.60 Å². The first-order valence-corrected chi connectivity index (χ1v) is 9.65. The Morgan fingerprint density at radius 1 is 0.875 bits per heavy atom. The standard InChI is InChI=1S/C20H27O3P/c1-14-8-11-19(17(4)12-14)24(21,22-7)23-20(5,6)18-10-9-15(2)16(3)13-18/h8-13H,1-7H3. The van der Waals surface area contributed by atoms with Crippen LogP contribution < -0.4 is 5.30 Å². The molecule has 2 aromatic carbocycles. The first-order valence-electron chi connectivity index (χ1n) is 8.11. The molecular formula is C20H27O3P. The van der Waals surface area contributed by atoms with Crippen LogP contribution in [0, 0.1) is 27.7 Å². The summed E-state index contributed by atoms with van der Waals surface area (Å²) >= 11 is 0. The highest BCUT2D eigenvalue weighted by Crippen LogP contribution is 2.52. The third-order valence-electron chi connectivity index (χ3n) is 4.44. The maximum absolute atomic E-state index is 13.4. The van der Waals surface area contributed by atoms with E-state index in [0.29, 0.717) is 5.30 Å². The zero-order chi connectivity index (χ0) is 18.1. The van der Waals surface area contributed by atoms with E-state index < -0.39 is 13.2 Å². The molecule has 0 amide bonds. The molecule has 130 valence electrons. The Bertz CT molecular complexity index is 793. The molecule has 0 spiro atoms. The second-order valence-electron chi connectivity index (χ2n) is 6.87. The zero-order valence-electron chi connectivity index (χ0n) is 15.6. The maximum atomic E-state index is 13.4. The van der Waals surface area contributed by atoms with Gasteiger partial charge >= 0.3 is 7.60 Å². The van der Waals surface area contributed by atoms with Crippen LogP contribution in [0.1, 0.15) is 41.7 Å². The van der Waals surface area contributed by atoms with Gasteiger partial charge in [0.25, 0.3) is 0 Å². The summed E-state index contributed by atoms with van der Waals surface area (Å²) in [7, 11) is -1.98. The third kappa shape index (κ3) is 3.80. The van der Waals surface area contributed by atoms with E-state index >= 15 is 0 Å². The second-order valence-corrected chi connectivity index (χ2v) is 8.90. The van der Waals surface area contributed by atoms with E-state index in [1.54, 1.807) is 0 Å². The van der Waals surface area contributed by atoms with Crippen molar-refractivity contribution in [3.63, 3.8) is 0 Å². The van der Waals surface area contributed by atoms with Gasteiger partial charge in [0.2, 0.25) is 0 Å². The maximum Gasteiger partial charge on any atom is 0.362 e. The fourth-order valence-electron chi connectivity index (χ4n) is 2.77. The summed E-state index contributed by atoms with van der Waals surface area (Å²) < 4.78 is 24.9. The molecule has 1 atom stereocenters. The molecule has 0 heterocycles. The number of aryl methyl sites for hydroxylation is 4. The minimum absolute atomic E-state index is 0.618. The molecule has 2 aromatic rings. The van der Waals surface area contributed by atoms with Crippen molar-refractivity contribution >= 4 is 12.9 Å². The summed E-state index contributed by atoms with van der Waals surface area (Å²) in [5.74, 6) is 0. The summed E-state index contributed by atoms with van der Waals surface area (Å²) in [6.07, 6.45) is 0. The predicted octanol–water partition coefficient (Wildman–Crippen LogP) is 5.34. The molecule has 0 aliphatic rings. The minimum Gasteiger partial charge on any atom is -0.309 e. The van der Waals surface area contributed by atoms with Gasteiger partial charge < -0.3 is 4.52 Å². The van der Waals surface area contributed by atoms with Crippen LogP contribution in [0.15, 0.2) is 36.4 Å². The van der Waals surface area contributed by atoms with Crippen LogP contribution in [-0.4, -0.2) is 7.11 Å². The first kappa shape index (κ1) is 18.9. The van der Waals surface area contributed by atoms with E-state index in [2.05, 4.69) is 26.0 Å².